The molecule has 2 aromatic carbocycles. The van der Waals surface area contributed by atoms with Crippen molar-refractivity contribution in [1.82, 2.24) is 0 Å². The first-order chi connectivity index (χ1) is 8.58. The monoisotopic (exact) mass is 243 g/mol. The van der Waals surface area contributed by atoms with E-state index in [4.69, 9.17) is 10.5 Å². The van der Waals surface area contributed by atoms with Crippen molar-refractivity contribution < 1.29 is 9.53 Å². The van der Waals surface area contributed by atoms with Gasteiger partial charge in [0.05, 0.1) is 6.10 Å². The van der Waals surface area contributed by atoms with Crippen molar-refractivity contribution in [3.63, 3.8) is 0 Å². The quantitative estimate of drug-likeness (QED) is 0.843. The number of nitrogens with two attached hydrogens (primary N) is 1. The Morgan fingerprint density at radius 1 is 1.11 bits per heavy atom. The van der Waals surface area contributed by atoms with Crippen molar-refractivity contribution >= 4 is 16.7 Å². The zero-order valence-corrected chi connectivity index (χ0v) is 10.6. The van der Waals surface area contributed by atoms with Crippen LogP contribution in [0.1, 0.15) is 25.5 Å². The minimum Gasteiger partial charge on any atom is -0.462 e. The summed E-state index contributed by atoms with van der Waals surface area (Å²) in [6, 6.07) is 13.0. The molecule has 2 rings (SSSR count). The molecule has 94 valence electrons. The summed E-state index contributed by atoms with van der Waals surface area (Å²) in [7, 11) is 0. The van der Waals surface area contributed by atoms with Gasteiger partial charge in [-0.1, -0.05) is 36.4 Å². The number of fused-ring (bicyclic) bond motifs is 1. The number of ether oxygens (including phenoxy) is 1. The van der Waals surface area contributed by atoms with Crippen LogP contribution >= 0.6 is 0 Å². The van der Waals surface area contributed by atoms with Gasteiger partial charge in [0, 0.05) is 0 Å². The fourth-order valence-electron chi connectivity index (χ4n) is 1.84. The normalized spacial score (nSPS) is 12.7. The minimum absolute atomic E-state index is 0.149. The van der Waals surface area contributed by atoms with Gasteiger partial charge in [-0.3, -0.25) is 0 Å². The minimum atomic E-state index is -0.725. The lowest BCUT2D eigenvalue weighted by atomic mass is 10.0. The molecule has 0 aliphatic carbocycles. The summed E-state index contributed by atoms with van der Waals surface area (Å²) < 4.78 is 5.11. The number of hydrogen-bond acceptors (Lipinski definition) is 3. The first kappa shape index (κ1) is 12.6. The average Bonchev–Trinajstić information content (AvgIpc) is 2.36. The number of rotatable bonds is 3. The second-order valence-electron chi connectivity index (χ2n) is 4.57. The average molecular weight is 243 g/mol. The third kappa shape index (κ3) is 2.68. The summed E-state index contributed by atoms with van der Waals surface area (Å²) in [6.45, 7) is 3.62. The molecular weight excluding hydrogens is 226 g/mol. The lowest BCUT2D eigenvalue weighted by molar-refractivity contribution is -0.149. The number of benzene rings is 2. The van der Waals surface area contributed by atoms with E-state index in [0.29, 0.717) is 0 Å². The number of esters is 1. The molecule has 0 aromatic heterocycles. The van der Waals surface area contributed by atoms with Crippen LogP contribution in [0.15, 0.2) is 42.5 Å². The molecule has 0 aliphatic heterocycles. The molecule has 18 heavy (non-hydrogen) atoms. The van der Waals surface area contributed by atoms with Gasteiger partial charge in [0.15, 0.2) is 0 Å². The molecule has 2 N–H and O–H groups in total. The van der Waals surface area contributed by atoms with Gasteiger partial charge in [-0.2, -0.15) is 0 Å². The Balaban J connectivity index is 2.27. The maximum atomic E-state index is 11.7. The van der Waals surface area contributed by atoms with E-state index in [2.05, 4.69) is 0 Å². The van der Waals surface area contributed by atoms with Crippen molar-refractivity contribution in [3.05, 3.63) is 48.0 Å². The second-order valence-corrected chi connectivity index (χ2v) is 4.57. The van der Waals surface area contributed by atoms with Gasteiger partial charge in [-0.25, -0.2) is 4.79 Å². The molecule has 0 aliphatic rings. The van der Waals surface area contributed by atoms with E-state index in [1.54, 1.807) is 0 Å². The molecule has 0 saturated heterocycles. The molecule has 1 atom stereocenters. The summed E-state index contributed by atoms with van der Waals surface area (Å²) in [5.41, 5.74) is 6.68. The van der Waals surface area contributed by atoms with E-state index in [0.717, 1.165) is 16.3 Å². The van der Waals surface area contributed by atoms with Crippen LogP contribution in [0.25, 0.3) is 10.8 Å². The highest BCUT2D eigenvalue weighted by atomic mass is 16.5. The van der Waals surface area contributed by atoms with E-state index in [1.165, 1.54) is 0 Å². The van der Waals surface area contributed by atoms with E-state index in [-0.39, 0.29) is 12.1 Å². The Labute approximate surface area is 107 Å². The SMILES string of the molecule is CC(C)OC(=O)C(N)c1ccc2ccccc2c1. The largest absolute Gasteiger partial charge is 0.462 e. The first-order valence-electron chi connectivity index (χ1n) is 6.02. The molecule has 1 unspecified atom stereocenters. The molecule has 0 fully saturated rings. The van der Waals surface area contributed by atoms with Gasteiger partial charge in [0.1, 0.15) is 6.04 Å². The third-order valence-corrected chi connectivity index (χ3v) is 2.74. The van der Waals surface area contributed by atoms with Crippen LogP contribution in [-0.2, 0) is 9.53 Å². The molecule has 3 nitrogen and oxygen atoms in total. The molecule has 3 heteroatoms. The zero-order valence-electron chi connectivity index (χ0n) is 10.6. The van der Waals surface area contributed by atoms with Gasteiger partial charge in [-0.05, 0) is 36.2 Å². The van der Waals surface area contributed by atoms with E-state index in [9.17, 15) is 4.79 Å². The maximum Gasteiger partial charge on any atom is 0.327 e. The van der Waals surface area contributed by atoms with Crippen molar-refractivity contribution in [3.8, 4) is 0 Å². The van der Waals surface area contributed by atoms with Crippen molar-refractivity contribution in [2.75, 3.05) is 0 Å². The Bertz CT molecular complexity index is 563. The van der Waals surface area contributed by atoms with Gasteiger partial charge < -0.3 is 10.5 Å². The summed E-state index contributed by atoms with van der Waals surface area (Å²) in [6.07, 6.45) is -0.149. The van der Waals surface area contributed by atoms with E-state index >= 15 is 0 Å². The summed E-state index contributed by atoms with van der Waals surface area (Å²) in [4.78, 5) is 11.7. The summed E-state index contributed by atoms with van der Waals surface area (Å²) in [5, 5.41) is 2.20. The topological polar surface area (TPSA) is 52.3 Å². The third-order valence-electron chi connectivity index (χ3n) is 2.74. The van der Waals surface area contributed by atoms with Crippen molar-refractivity contribution in [2.45, 2.75) is 26.0 Å². The Kier molecular flexibility index (Phi) is 3.63. The van der Waals surface area contributed by atoms with E-state index < -0.39 is 6.04 Å². The lowest BCUT2D eigenvalue weighted by Crippen LogP contribution is -2.26. The Morgan fingerprint density at radius 2 is 1.78 bits per heavy atom. The fraction of sp³-hybridized carbons (Fsp3) is 0.267. The first-order valence-corrected chi connectivity index (χ1v) is 6.02. The standard InChI is InChI=1S/C15H17NO2/c1-10(2)18-15(17)14(16)13-8-7-11-5-3-4-6-12(11)9-13/h3-10,14H,16H2,1-2H3. The lowest BCUT2D eigenvalue weighted by Gasteiger charge is -2.14. The Morgan fingerprint density at radius 3 is 2.44 bits per heavy atom. The van der Waals surface area contributed by atoms with Gasteiger partial charge in [0.25, 0.3) is 0 Å². The van der Waals surface area contributed by atoms with Gasteiger partial charge in [-0.15, -0.1) is 0 Å². The molecule has 0 amide bonds. The number of carbonyl (C=O) groups is 1. The molecule has 0 spiro atoms. The highest BCUT2D eigenvalue weighted by Crippen LogP contribution is 2.20. The van der Waals surface area contributed by atoms with Crippen LogP contribution in [-0.4, -0.2) is 12.1 Å². The van der Waals surface area contributed by atoms with E-state index in [1.807, 2.05) is 56.3 Å². The van der Waals surface area contributed by atoms with Crippen LogP contribution in [0.5, 0.6) is 0 Å². The van der Waals surface area contributed by atoms with Gasteiger partial charge >= 0.3 is 5.97 Å². The van der Waals surface area contributed by atoms with Crippen LogP contribution < -0.4 is 5.73 Å². The highest BCUT2D eigenvalue weighted by molar-refractivity contribution is 5.85. The molecular formula is C15H17NO2. The predicted molar refractivity (Wildman–Crippen MR) is 72.1 cm³/mol. The number of hydrogen-bond donors (Lipinski definition) is 1. The van der Waals surface area contributed by atoms with Crippen LogP contribution in [0.4, 0.5) is 0 Å². The smallest absolute Gasteiger partial charge is 0.327 e. The van der Waals surface area contributed by atoms with Crippen molar-refractivity contribution in [2.24, 2.45) is 5.73 Å². The zero-order chi connectivity index (χ0) is 13.1. The number of carbonyl (C=O) groups excluding carboxylic acids is 1. The van der Waals surface area contributed by atoms with Gasteiger partial charge in [0.2, 0.25) is 0 Å². The van der Waals surface area contributed by atoms with Crippen molar-refractivity contribution in [1.29, 1.82) is 0 Å². The Hall–Kier alpha value is -1.87. The summed E-state index contributed by atoms with van der Waals surface area (Å²) in [5.74, 6) is -0.389. The highest BCUT2D eigenvalue weighted by Gasteiger charge is 2.18. The molecule has 0 heterocycles. The fourth-order valence-corrected chi connectivity index (χ4v) is 1.84. The predicted octanol–water partition coefficient (Wildman–Crippen LogP) is 2.79. The molecule has 0 bridgehead atoms. The molecule has 0 saturated carbocycles. The molecule has 2 aromatic rings. The maximum absolute atomic E-state index is 11.7. The summed E-state index contributed by atoms with van der Waals surface area (Å²) >= 11 is 0. The molecule has 0 radical (unpaired) electrons. The van der Waals surface area contributed by atoms with Crippen LogP contribution in [0.3, 0.4) is 0 Å². The second kappa shape index (κ2) is 5.19. The van der Waals surface area contributed by atoms with Crippen LogP contribution in [0, 0.1) is 0 Å². The van der Waals surface area contributed by atoms with Crippen LogP contribution in [0.2, 0.25) is 0 Å².